The Kier molecular flexibility index (Phi) is 5.25. The maximum Gasteiger partial charge on any atom is 0.234 e. The van der Waals surface area contributed by atoms with Crippen LogP contribution in [0, 0.1) is 0 Å². The summed E-state index contributed by atoms with van der Waals surface area (Å²) in [5.74, 6) is -0.542. The first kappa shape index (κ1) is 17.8. The van der Waals surface area contributed by atoms with Crippen LogP contribution in [0.15, 0.2) is 48.8 Å². The lowest BCUT2D eigenvalue weighted by Gasteiger charge is -2.36. The van der Waals surface area contributed by atoms with E-state index in [2.05, 4.69) is 56.3 Å². The third-order valence-corrected chi connectivity index (χ3v) is 5.61. The molecule has 2 saturated heterocycles. The van der Waals surface area contributed by atoms with Crippen molar-refractivity contribution >= 4 is 17.5 Å². The number of nitrogens with zero attached hydrogens (tertiary/aromatic N) is 3. The number of benzene rings is 1. The molecule has 1 atom stereocenters. The van der Waals surface area contributed by atoms with Gasteiger partial charge in [-0.15, -0.1) is 0 Å². The van der Waals surface area contributed by atoms with Crippen LogP contribution in [0.5, 0.6) is 0 Å². The van der Waals surface area contributed by atoms with Crippen molar-refractivity contribution in [3.05, 3.63) is 54.4 Å². The number of imide groups is 1. The molecule has 1 aromatic carbocycles. The zero-order valence-corrected chi connectivity index (χ0v) is 15.5. The Balaban J connectivity index is 1.29. The molecule has 2 aliphatic heterocycles. The topological polar surface area (TPSA) is 57.6 Å². The molecule has 1 aromatic heterocycles. The molecule has 0 unspecified atom stereocenters. The quantitative estimate of drug-likeness (QED) is 0.821. The molecule has 0 aliphatic carbocycles. The van der Waals surface area contributed by atoms with E-state index in [1.807, 2.05) is 12.1 Å². The fourth-order valence-electron chi connectivity index (χ4n) is 3.93. The largest absolute Gasteiger partial charge is 0.369 e. The Morgan fingerprint density at radius 3 is 2.30 bits per heavy atom. The second-order valence-electron chi connectivity index (χ2n) is 7.34. The van der Waals surface area contributed by atoms with Gasteiger partial charge in [-0.25, -0.2) is 0 Å². The zero-order chi connectivity index (χ0) is 18.6. The molecule has 2 aromatic rings. The smallest absolute Gasteiger partial charge is 0.234 e. The van der Waals surface area contributed by atoms with E-state index in [0.717, 1.165) is 44.8 Å². The Morgan fingerprint density at radius 1 is 0.926 bits per heavy atom. The Labute approximate surface area is 159 Å². The molecule has 2 fully saturated rings. The number of carbonyl (C=O) groups excluding carboxylic acids is 2. The number of piperidine rings is 1. The van der Waals surface area contributed by atoms with Crippen LogP contribution in [0.4, 0.5) is 5.69 Å². The highest BCUT2D eigenvalue weighted by Gasteiger charge is 2.28. The average molecular weight is 366 g/mol. The van der Waals surface area contributed by atoms with E-state index in [4.69, 9.17) is 0 Å². The lowest BCUT2D eigenvalue weighted by molar-refractivity contribution is -0.134. The normalized spacial score (nSPS) is 21.3. The van der Waals surface area contributed by atoms with E-state index < -0.39 is 0 Å². The SMILES string of the molecule is O=C1CC[C@H](c2ccc(N3CCN(CCn4cccc4)CC3)cc2)C(=O)N1. The minimum absolute atomic E-state index is 0.164. The molecule has 0 bridgehead atoms. The number of carbonyl (C=O) groups is 2. The van der Waals surface area contributed by atoms with E-state index >= 15 is 0 Å². The number of hydrogen-bond acceptors (Lipinski definition) is 4. The number of aromatic nitrogens is 1. The van der Waals surface area contributed by atoms with Crippen LogP contribution in [-0.2, 0) is 16.1 Å². The molecule has 0 saturated carbocycles. The Bertz CT molecular complexity index is 777. The van der Waals surface area contributed by atoms with E-state index in [1.54, 1.807) is 0 Å². The molecule has 0 radical (unpaired) electrons. The number of anilines is 1. The molecule has 2 amide bonds. The minimum atomic E-state index is -0.206. The van der Waals surface area contributed by atoms with Gasteiger partial charge in [0.2, 0.25) is 11.8 Å². The van der Waals surface area contributed by atoms with E-state index in [9.17, 15) is 9.59 Å². The first-order valence-electron chi connectivity index (χ1n) is 9.71. The fraction of sp³-hybridized carbons (Fsp3) is 0.429. The summed E-state index contributed by atoms with van der Waals surface area (Å²) in [6.45, 7) is 6.28. The number of hydrogen-bond donors (Lipinski definition) is 1. The summed E-state index contributed by atoms with van der Waals surface area (Å²) < 4.78 is 2.22. The van der Waals surface area contributed by atoms with Crippen LogP contribution < -0.4 is 10.2 Å². The van der Waals surface area contributed by atoms with Crippen LogP contribution >= 0.6 is 0 Å². The number of piperazine rings is 1. The summed E-state index contributed by atoms with van der Waals surface area (Å²) in [6, 6.07) is 12.4. The molecule has 2 aliphatic rings. The number of amides is 2. The molecular formula is C21H26N4O2. The van der Waals surface area contributed by atoms with Gasteiger partial charge in [0.25, 0.3) is 0 Å². The van der Waals surface area contributed by atoms with Gasteiger partial charge >= 0.3 is 0 Å². The number of rotatable bonds is 5. The van der Waals surface area contributed by atoms with Crippen molar-refractivity contribution in [2.75, 3.05) is 37.6 Å². The van der Waals surface area contributed by atoms with E-state index in [-0.39, 0.29) is 17.7 Å². The maximum absolute atomic E-state index is 12.0. The zero-order valence-electron chi connectivity index (χ0n) is 15.5. The van der Waals surface area contributed by atoms with Crippen molar-refractivity contribution in [1.82, 2.24) is 14.8 Å². The van der Waals surface area contributed by atoms with Crippen molar-refractivity contribution in [2.24, 2.45) is 0 Å². The van der Waals surface area contributed by atoms with Gasteiger partial charge in [-0.3, -0.25) is 19.8 Å². The molecule has 6 heteroatoms. The summed E-state index contributed by atoms with van der Waals surface area (Å²) in [5.41, 5.74) is 2.20. The second kappa shape index (κ2) is 7.96. The highest BCUT2D eigenvalue weighted by Crippen LogP contribution is 2.27. The number of nitrogens with one attached hydrogen (secondary N) is 1. The maximum atomic E-state index is 12.0. The second-order valence-corrected chi connectivity index (χ2v) is 7.34. The Morgan fingerprint density at radius 2 is 1.63 bits per heavy atom. The standard InChI is InChI=1S/C21H26N4O2/c26-20-8-7-19(21(27)22-20)17-3-5-18(6-4-17)25-15-13-24(14-16-25)12-11-23-9-1-2-10-23/h1-6,9-10,19H,7-8,11-16H2,(H,22,26,27)/t19-/m1/s1. The predicted octanol–water partition coefficient (Wildman–Crippen LogP) is 1.83. The van der Waals surface area contributed by atoms with Gasteiger partial charge in [0.15, 0.2) is 0 Å². The van der Waals surface area contributed by atoms with Gasteiger partial charge < -0.3 is 9.47 Å². The average Bonchev–Trinajstić information content (AvgIpc) is 3.21. The fourth-order valence-corrected chi connectivity index (χ4v) is 3.93. The van der Waals surface area contributed by atoms with Gasteiger partial charge in [0.05, 0.1) is 5.92 Å². The highest BCUT2D eigenvalue weighted by atomic mass is 16.2. The summed E-state index contributed by atoms with van der Waals surface area (Å²) >= 11 is 0. The lowest BCUT2D eigenvalue weighted by atomic mass is 9.90. The van der Waals surface area contributed by atoms with E-state index in [1.165, 1.54) is 5.69 Å². The first-order valence-corrected chi connectivity index (χ1v) is 9.71. The first-order chi connectivity index (χ1) is 13.2. The summed E-state index contributed by atoms with van der Waals surface area (Å²) in [4.78, 5) is 28.2. The summed E-state index contributed by atoms with van der Waals surface area (Å²) in [5, 5.41) is 2.44. The van der Waals surface area contributed by atoms with Crippen LogP contribution in [0.25, 0.3) is 0 Å². The van der Waals surface area contributed by atoms with Crippen LogP contribution in [0.2, 0.25) is 0 Å². The molecule has 3 heterocycles. The molecule has 1 N–H and O–H groups in total. The monoisotopic (exact) mass is 366 g/mol. The molecule has 0 spiro atoms. The van der Waals surface area contributed by atoms with Gasteiger partial charge in [-0.2, -0.15) is 0 Å². The third-order valence-electron chi connectivity index (χ3n) is 5.61. The predicted molar refractivity (Wildman–Crippen MR) is 105 cm³/mol. The molecule has 27 heavy (non-hydrogen) atoms. The molecular weight excluding hydrogens is 340 g/mol. The van der Waals surface area contributed by atoms with Crippen molar-refractivity contribution in [2.45, 2.75) is 25.3 Å². The van der Waals surface area contributed by atoms with Crippen LogP contribution in [-0.4, -0.2) is 54.0 Å². The van der Waals surface area contributed by atoms with E-state index in [0.29, 0.717) is 12.8 Å². The lowest BCUT2D eigenvalue weighted by Crippen LogP contribution is -2.47. The van der Waals surface area contributed by atoms with Crippen LogP contribution in [0.3, 0.4) is 0 Å². The van der Waals surface area contributed by atoms with Gasteiger partial charge in [-0.05, 0) is 36.2 Å². The summed E-state index contributed by atoms with van der Waals surface area (Å²) in [7, 11) is 0. The van der Waals surface area contributed by atoms with Crippen LogP contribution in [0.1, 0.15) is 24.3 Å². The highest BCUT2D eigenvalue weighted by molar-refractivity contribution is 6.00. The van der Waals surface area contributed by atoms with Gasteiger partial charge in [0.1, 0.15) is 0 Å². The van der Waals surface area contributed by atoms with Crippen molar-refractivity contribution in [3.8, 4) is 0 Å². The summed E-state index contributed by atoms with van der Waals surface area (Å²) in [6.07, 6.45) is 5.24. The molecule has 142 valence electrons. The third kappa shape index (κ3) is 4.22. The van der Waals surface area contributed by atoms with Crippen molar-refractivity contribution in [1.29, 1.82) is 0 Å². The molecule has 6 nitrogen and oxygen atoms in total. The minimum Gasteiger partial charge on any atom is -0.369 e. The van der Waals surface area contributed by atoms with Crippen molar-refractivity contribution in [3.63, 3.8) is 0 Å². The van der Waals surface area contributed by atoms with Gasteiger partial charge in [0, 0.05) is 63.8 Å². The van der Waals surface area contributed by atoms with Gasteiger partial charge in [-0.1, -0.05) is 12.1 Å². The molecule has 4 rings (SSSR count). The Hall–Kier alpha value is -2.60. The van der Waals surface area contributed by atoms with Crippen molar-refractivity contribution < 1.29 is 9.59 Å².